The zero-order valence-corrected chi connectivity index (χ0v) is 16.6. The molecule has 0 unspecified atom stereocenters. The molecule has 0 atom stereocenters. The van der Waals surface area contributed by atoms with Crippen LogP contribution in [-0.4, -0.2) is 21.0 Å². The molecule has 1 fully saturated rings. The molecule has 154 valence electrons. The number of nitrogens with one attached hydrogen (secondary N) is 1. The number of aliphatic carboxylic acids is 1. The van der Waals surface area contributed by atoms with Gasteiger partial charge in [-0.05, 0) is 55.2 Å². The predicted octanol–water partition coefficient (Wildman–Crippen LogP) is 5.77. The monoisotopic (exact) mass is 405 g/mol. The van der Waals surface area contributed by atoms with E-state index in [9.17, 15) is 9.18 Å². The summed E-state index contributed by atoms with van der Waals surface area (Å²) in [5.41, 5.74) is 4.56. The third-order valence-corrected chi connectivity index (χ3v) is 5.74. The molecule has 0 amide bonds. The van der Waals surface area contributed by atoms with Gasteiger partial charge in [0, 0.05) is 18.1 Å². The zero-order valence-electron chi connectivity index (χ0n) is 16.6. The first-order chi connectivity index (χ1) is 14.6. The Kier molecular flexibility index (Phi) is 6.02. The van der Waals surface area contributed by atoms with Crippen LogP contribution in [0.3, 0.4) is 0 Å². The maximum atomic E-state index is 13.2. The van der Waals surface area contributed by atoms with Crippen molar-refractivity contribution in [2.45, 2.75) is 38.0 Å². The van der Waals surface area contributed by atoms with Crippen molar-refractivity contribution in [1.82, 2.24) is 9.97 Å². The largest absolute Gasteiger partial charge is 0.481 e. The number of aromatic nitrogens is 2. The van der Waals surface area contributed by atoms with E-state index in [-0.39, 0.29) is 12.2 Å². The number of carbonyl (C=O) groups is 1. The lowest BCUT2D eigenvalue weighted by atomic mass is 9.77. The molecule has 0 aliphatic heterocycles. The van der Waals surface area contributed by atoms with Crippen LogP contribution in [0.2, 0.25) is 0 Å². The average Bonchev–Trinajstić information content (AvgIpc) is 2.75. The highest BCUT2D eigenvalue weighted by Crippen LogP contribution is 2.37. The molecular formula is C24H24FN3O2. The molecule has 4 rings (SSSR count). The van der Waals surface area contributed by atoms with Crippen LogP contribution in [-0.2, 0) is 4.79 Å². The Labute approximate surface area is 175 Å². The van der Waals surface area contributed by atoms with Gasteiger partial charge >= 0.3 is 5.97 Å². The third-order valence-electron chi connectivity index (χ3n) is 5.74. The number of carboxylic acid groups (broad SMARTS) is 1. The van der Waals surface area contributed by atoms with Crippen LogP contribution in [0, 0.1) is 11.7 Å². The first-order valence-corrected chi connectivity index (χ1v) is 10.2. The van der Waals surface area contributed by atoms with Crippen LogP contribution in [0.1, 0.15) is 43.6 Å². The average molecular weight is 405 g/mol. The van der Waals surface area contributed by atoms with E-state index in [1.807, 2.05) is 12.1 Å². The standard InChI is InChI=1S/C24H24FN3O2/c25-20-12-22(14-26-13-20)28-21-9-10-23(27-15-21)19-7-5-18(6-8-19)17-3-1-16(2-4-17)11-24(29)30/h5-10,12-17,28H,1-4,11H2,(H,29,30). The smallest absolute Gasteiger partial charge is 0.303 e. The van der Waals surface area contributed by atoms with Crippen molar-refractivity contribution in [3.8, 4) is 11.3 Å². The van der Waals surface area contributed by atoms with Gasteiger partial charge < -0.3 is 10.4 Å². The molecule has 2 aromatic heterocycles. The van der Waals surface area contributed by atoms with E-state index in [1.54, 1.807) is 12.4 Å². The van der Waals surface area contributed by atoms with Crippen molar-refractivity contribution >= 4 is 17.3 Å². The van der Waals surface area contributed by atoms with Gasteiger partial charge in [0.25, 0.3) is 0 Å². The van der Waals surface area contributed by atoms with Gasteiger partial charge in [0.1, 0.15) is 5.82 Å². The van der Waals surface area contributed by atoms with Crippen molar-refractivity contribution in [2.24, 2.45) is 5.92 Å². The first-order valence-electron chi connectivity index (χ1n) is 10.2. The van der Waals surface area contributed by atoms with E-state index in [1.165, 1.54) is 11.6 Å². The second-order valence-corrected chi connectivity index (χ2v) is 7.89. The Morgan fingerprint density at radius 3 is 2.40 bits per heavy atom. The van der Waals surface area contributed by atoms with Crippen molar-refractivity contribution in [3.63, 3.8) is 0 Å². The zero-order chi connectivity index (χ0) is 20.9. The SMILES string of the molecule is O=C(O)CC1CCC(c2ccc(-c3ccc(Nc4cncc(F)c4)cn3)cc2)CC1. The second kappa shape index (κ2) is 9.03. The second-order valence-electron chi connectivity index (χ2n) is 7.89. The number of hydrogen-bond acceptors (Lipinski definition) is 4. The Morgan fingerprint density at radius 2 is 1.77 bits per heavy atom. The fraction of sp³-hybridized carbons (Fsp3) is 0.292. The lowest BCUT2D eigenvalue weighted by Gasteiger charge is -2.28. The van der Waals surface area contributed by atoms with Gasteiger partial charge in [0.15, 0.2) is 0 Å². The molecule has 1 aliphatic carbocycles. The molecule has 30 heavy (non-hydrogen) atoms. The van der Waals surface area contributed by atoms with E-state index >= 15 is 0 Å². The van der Waals surface area contributed by atoms with Gasteiger partial charge in [-0.1, -0.05) is 24.3 Å². The topological polar surface area (TPSA) is 75.1 Å². The van der Waals surface area contributed by atoms with E-state index in [0.29, 0.717) is 17.5 Å². The van der Waals surface area contributed by atoms with Gasteiger partial charge in [-0.25, -0.2) is 4.39 Å². The molecule has 1 aromatic carbocycles. The summed E-state index contributed by atoms with van der Waals surface area (Å²) in [4.78, 5) is 19.2. The number of rotatable bonds is 6. The number of hydrogen-bond donors (Lipinski definition) is 2. The van der Waals surface area contributed by atoms with Gasteiger partial charge in [0.2, 0.25) is 0 Å². The van der Waals surface area contributed by atoms with Gasteiger partial charge in [-0.2, -0.15) is 0 Å². The van der Waals surface area contributed by atoms with Gasteiger partial charge in [-0.3, -0.25) is 14.8 Å². The molecule has 1 saturated carbocycles. The number of nitrogens with zero attached hydrogens (tertiary/aromatic N) is 2. The summed E-state index contributed by atoms with van der Waals surface area (Å²) >= 11 is 0. The molecule has 0 radical (unpaired) electrons. The third kappa shape index (κ3) is 5.00. The fourth-order valence-corrected chi connectivity index (χ4v) is 4.16. The molecule has 6 heteroatoms. The maximum Gasteiger partial charge on any atom is 0.303 e. The van der Waals surface area contributed by atoms with E-state index < -0.39 is 5.97 Å². The van der Waals surface area contributed by atoms with Crippen molar-refractivity contribution in [1.29, 1.82) is 0 Å². The lowest BCUT2D eigenvalue weighted by molar-refractivity contribution is -0.138. The maximum absolute atomic E-state index is 13.2. The number of pyridine rings is 2. The van der Waals surface area contributed by atoms with Gasteiger partial charge in [0.05, 0.1) is 35.7 Å². The van der Waals surface area contributed by atoms with Crippen LogP contribution in [0.4, 0.5) is 15.8 Å². The molecule has 2 heterocycles. The molecule has 0 bridgehead atoms. The number of anilines is 2. The predicted molar refractivity (Wildman–Crippen MR) is 114 cm³/mol. The van der Waals surface area contributed by atoms with Crippen LogP contribution in [0.5, 0.6) is 0 Å². The minimum absolute atomic E-state index is 0.290. The quantitative estimate of drug-likeness (QED) is 0.544. The molecule has 5 nitrogen and oxygen atoms in total. The normalized spacial score (nSPS) is 18.7. The van der Waals surface area contributed by atoms with Crippen molar-refractivity contribution < 1.29 is 14.3 Å². The summed E-state index contributed by atoms with van der Waals surface area (Å²) in [5, 5.41) is 12.1. The van der Waals surface area contributed by atoms with Crippen molar-refractivity contribution in [3.05, 3.63) is 72.4 Å². The fourth-order valence-electron chi connectivity index (χ4n) is 4.16. The molecule has 2 N–H and O–H groups in total. The van der Waals surface area contributed by atoms with Crippen molar-refractivity contribution in [2.75, 3.05) is 5.32 Å². The van der Waals surface area contributed by atoms with Gasteiger partial charge in [-0.15, -0.1) is 0 Å². The summed E-state index contributed by atoms with van der Waals surface area (Å²) in [6, 6.07) is 13.7. The van der Waals surface area contributed by atoms with Crippen LogP contribution in [0.25, 0.3) is 11.3 Å². The molecule has 0 spiro atoms. The number of carboxylic acids is 1. The summed E-state index contributed by atoms with van der Waals surface area (Å²) in [7, 11) is 0. The molecule has 3 aromatic rings. The Morgan fingerprint density at radius 1 is 1.00 bits per heavy atom. The van der Waals surface area contributed by atoms with Crippen LogP contribution >= 0.6 is 0 Å². The summed E-state index contributed by atoms with van der Waals surface area (Å²) in [6.45, 7) is 0. The minimum Gasteiger partial charge on any atom is -0.481 e. The summed E-state index contributed by atoms with van der Waals surface area (Å²) in [5.74, 6) is -0.259. The lowest BCUT2D eigenvalue weighted by Crippen LogP contribution is -2.16. The summed E-state index contributed by atoms with van der Waals surface area (Å²) < 4.78 is 13.2. The van der Waals surface area contributed by atoms with E-state index in [4.69, 9.17) is 5.11 Å². The Balaban J connectivity index is 1.37. The molecular weight excluding hydrogens is 381 g/mol. The van der Waals surface area contributed by atoms with E-state index in [0.717, 1.165) is 48.8 Å². The Hall–Kier alpha value is -3.28. The Bertz CT molecular complexity index is 998. The molecule has 0 saturated heterocycles. The highest BCUT2D eigenvalue weighted by molar-refractivity contribution is 5.67. The highest BCUT2D eigenvalue weighted by Gasteiger charge is 2.23. The van der Waals surface area contributed by atoms with Crippen LogP contribution < -0.4 is 5.32 Å². The minimum atomic E-state index is -0.691. The number of halogens is 1. The summed E-state index contributed by atoms with van der Waals surface area (Å²) in [6.07, 6.45) is 8.79. The van der Waals surface area contributed by atoms with E-state index in [2.05, 4.69) is 39.6 Å². The van der Waals surface area contributed by atoms with Crippen LogP contribution in [0.15, 0.2) is 61.1 Å². The first kappa shape index (κ1) is 20.0. The highest BCUT2D eigenvalue weighted by atomic mass is 19.1. The number of benzene rings is 1. The molecule has 1 aliphatic rings.